The molecule has 0 aromatic carbocycles. The molecule has 7 heteroatoms. The van der Waals surface area contributed by atoms with Crippen LogP contribution in [0.1, 0.15) is 43.0 Å². The van der Waals surface area contributed by atoms with Crippen LogP contribution in [-0.4, -0.2) is 27.8 Å². The molecular formula is C16H23N3O3S. The van der Waals surface area contributed by atoms with Crippen molar-refractivity contribution in [3.63, 3.8) is 0 Å². The van der Waals surface area contributed by atoms with Gasteiger partial charge in [-0.25, -0.2) is 8.42 Å². The first-order chi connectivity index (χ1) is 10.9. The fourth-order valence-electron chi connectivity index (χ4n) is 3.10. The molecule has 1 aliphatic rings. The van der Waals surface area contributed by atoms with Crippen molar-refractivity contribution in [2.24, 2.45) is 7.05 Å². The monoisotopic (exact) mass is 337 g/mol. The lowest BCUT2D eigenvalue weighted by atomic mass is 10.2. The summed E-state index contributed by atoms with van der Waals surface area (Å²) in [5, 5.41) is 4.08. The van der Waals surface area contributed by atoms with E-state index >= 15 is 0 Å². The van der Waals surface area contributed by atoms with Crippen molar-refractivity contribution in [1.82, 2.24) is 14.1 Å². The first kappa shape index (κ1) is 16.3. The molecule has 1 aliphatic carbocycles. The summed E-state index contributed by atoms with van der Waals surface area (Å²) < 4.78 is 34.2. The van der Waals surface area contributed by atoms with Crippen molar-refractivity contribution >= 4 is 10.0 Å². The third-order valence-electron chi connectivity index (χ3n) is 4.39. The van der Waals surface area contributed by atoms with Gasteiger partial charge in [0.2, 0.25) is 10.0 Å². The highest BCUT2D eigenvalue weighted by Gasteiger charge is 2.30. The summed E-state index contributed by atoms with van der Waals surface area (Å²) in [5.74, 6) is 0.641. The Morgan fingerprint density at radius 3 is 2.78 bits per heavy atom. The average molecular weight is 337 g/mol. The number of nitrogens with zero attached hydrogens (tertiary/aromatic N) is 3. The minimum Gasteiger partial charge on any atom is -0.468 e. The summed E-state index contributed by atoms with van der Waals surface area (Å²) in [6, 6.07) is 3.57. The Hall–Kier alpha value is -1.60. The second-order valence-corrected chi connectivity index (χ2v) is 8.78. The van der Waals surface area contributed by atoms with Crippen molar-refractivity contribution in [3.8, 4) is 0 Å². The van der Waals surface area contributed by atoms with Crippen LogP contribution < -0.4 is 0 Å². The van der Waals surface area contributed by atoms with Gasteiger partial charge in [0.25, 0.3) is 0 Å². The van der Waals surface area contributed by atoms with Gasteiger partial charge in [0.05, 0.1) is 30.3 Å². The molecule has 0 bridgehead atoms. The van der Waals surface area contributed by atoms with E-state index in [0.717, 1.165) is 25.0 Å². The maximum absolute atomic E-state index is 12.7. The minimum atomic E-state index is -3.40. The molecular weight excluding hydrogens is 314 g/mol. The number of aromatic nitrogens is 2. The summed E-state index contributed by atoms with van der Waals surface area (Å²) in [4.78, 5) is 0. The van der Waals surface area contributed by atoms with Crippen molar-refractivity contribution in [2.75, 3.05) is 0 Å². The zero-order chi connectivity index (χ0) is 16.6. The summed E-state index contributed by atoms with van der Waals surface area (Å²) in [7, 11) is -1.47. The Kier molecular flexibility index (Phi) is 4.33. The van der Waals surface area contributed by atoms with Gasteiger partial charge < -0.3 is 4.42 Å². The predicted molar refractivity (Wildman–Crippen MR) is 87.2 cm³/mol. The summed E-state index contributed by atoms with van der Waals surface area (Å²) in [6.45, 7) is 3.93. The zero-order valence-corrected chi connectivity index (χ0v) is 14.6. The quantitative estimate of drug-likeness (QED) is 0.811. The van der Waals surface area contributed by atoms with Crippen LogP contribution in [0.5, 0.6) is 0 Å². The molecule has 3 rings (SSSR count). The van der Waals surface area contributed by atoms with Gasteiger partial charge in [0.15, 0.2) is 0 Å². The smallest absolute Gasteiger partial charge is 0.217 e. The van der Waals surface area contributed by atoms with Gasteiger partial charge in [-0.15, -0.1) is 0 Å². The van der Waals surface area contributed by atoms with Crippen LogP contribution in [0.4, 0.5) is 0 Å². The Balaban J connectivity index is 1.91. The highest BCUT2D eigenvalue weighted by atomic mass is 32.2. The lowest BCUT2D eigenvalue weighted by Crippen LogP contribution is -2.35. The summed E-state index contributed by atoms with van der Waals surface area (Å²) in [5.41, 5.74) is 3.33. The van der Waals surface area contributed by atoms with Crippen LogP contribution in [0.25, 0.3) is 0 Å². The van der Waals surface area contributed by atoms with Gasteiger partial charge in [-0.2, -0.15) is 9.40 Å². The fraction of sp³-hybridized carbons (Fsp3) is 0.562. The molecule has 0 spiro atoms. The molecule has 2 aromatic heterocycles. The first-order valence-corrected chi connectivity index (χ1v) is 9.45. The number of fused-ring (bicyclic) bond motifs is 1. The number of hydrogen-bond acceptors (Lipinski definition) is 4. The van der Waals surface area contributed by atoms with Gasteiger partial charge in [-0.3, -0.25) is 4.68 Å². The SMILES string of the molecule is CC(C)S(=O)(=O)N(Cc1ccco1)Cc1nn(C)c2c1CCC2. The Bertz CT molecular complexity index is 776. The fourth-order valence-corrected chi connectivity index (χ4v) is 4.31. The van der Waals surface area contributed by atoms with Gasteiger partial charge in [-0.1, -0.05) is 0 Å². The highest BCUT2D eigenvalue weighted by molar-refractivity contribution is 7.89. The van der Waals surface area contributed by atoms with Gasteiger partial charge in [0.1, 0.15) is 5.76 Å². The summed E-state index contributed by atoms with van der Waals surface area (Å²) in [6.07, 6.45) is 4.68. The Morgan fingerprint density at radius 1 is 1.35 bits per heavy atom. The molecule has 2 heterocycles. The van der Waals surface area contributed by atoms with Crippen LogP contribution in [0, 0.1) is 0 Å². The molecule has 0 radical (unpaired) electrons. The summed E-state index contributed by atoms with van der Waals surface area (Å²) >= 11 is 0. The topological polar surface area (TPSA) is 68.3 Å². The molecule has 23 heavy (non-hydrogen) atoms. The van der Waals surface area contributed by atoms with E-state index in [2.05, 4.69) is 5.10 Å². The molecule has 0 amide bonds. The number of aryl methyl sites for hydroxylation is 1. The van der Waals surface area contributed by atoms with E-state index in [1.54, 1.807) is 32.2 Å². The number of furan rings is 1. The molecule has 126 valence electrons. The van der Waals surface area contributed by atoms with E-state index in [0.29, 0.717) is 12.3 Å². The van der Waals surface area contributed by atoms with Crippen molar-refractivity contribution in [1.29, 1.82) is 0 Å². The molecule has 0 saturated carbocycles. The molecule has 0 N–H and O–H groups in total. The number of rotatable bonds is 6. The third-order valence-corrected chi connectivity index (χ3v) is 6.56. The first-order valence-electron chi connectivity index (χ1n) is 7.94. The molecule has 0 atom stereocenters. The Morgan fingerprint density at radius 2 is 2.13 bits per heavy atom. The highest BCUT2D eigenvalue weighted by Crippen LogP contribution is 2.27. The van der Waals surface area contributed by atoms with E-state index in [9.17, 15) is 8.42 Å². The van der Waals surface area contributed by atoms with Gasteiger partial charge in [-0.05, 0) is 50.8 Å². The van der Waals surface area contributed by atoms with E-state index in [1.807, 2.05) is 11.7 Å². The zero-order valence-electron chi connectivity index (χ0n) is 13.8. The van der Waals surface area contributed by atoms with Crippen molar-refractivity contribution in [3.05, 3.63) is 41.1 Å². The Labute approximate surface area is 137 Å². The van der Waals surface area contributed by atoms with E-state index in [-0.39, 0.29) is 6.54 Å². The van der Waals surface area contributed by atoms with Crippen LogP contribution in [0.15, 0.2) is 22.8 Å². The molecule has 6 nitrogen and oxygen atoms in total. The maximum atomic E-state index is 12.7. The normalized spacial score (nSPS) is 14.8. The minimum absolute atomic E-state index is 0.235. The standard InChI is InChI=1S/C16H23N3O3S/c1-12(2)23(20,21)19(10-13-6-5-9-22-13)11-15-14-7-4-8-16(14)18(3)17-15/h5-6,9,12H,4,7-8,10-11H2,1-3H3. The third kappa shape index (κ3) is 3.07. The van der Waals surface area contributed by atoms with Crippen molar-refractivity contribution in [2.45, 2.75) is 51.4 Å². The van der Waals surface area contributed by atoms with Crippen LogP contribution in [0.2, 0.25) is 0 Å². The van der Waals surface area contributed by atoms with Crippen LogP contribution in [0.3, 0.4) is 0 Å². The van der Waals surface area contributed by atoms with E-state index in [1.165, 1.54) is 15.6 Å². The predicted octanol–water partition coefficient (Wildman–Crippen LogP) is 2.24. The van der Waals surface area contributed by atoms with E-state index in [4.69, 9.17) is 4.42 Å². The second kappa shape index (κ2) is 6.13. The molecule has 0 aliphatic heterocycles. The van der Waals surface area contributed by atoms with Crippen molar-refractivity contribution < 1.29 is 12.8 Å². The lowest BCUT2D eigenvalue weighted by molar-refractivity contribution is 0.351. The number of hydrogen-bond donors (Lipinski definition) is 0. The van der Waals surface area contributed by atoms with Gasteiger partial charge in [0, 0.05) is 12.7 Å². The molecule has 0 saturated heterocycles. The molecule has 0 unspecified atom stereocenters. The molecule has 2 aromatic rings. The molecule has 0 fully saturated rings. The average Bonchev–Trinajstić information content (AvgIpc) is 3.19. The van der Waals surface area contributed by atoms with E-state index < -0.39 is 15.3 Å². The largest absolute Gasteiger partial charge is 0.468 e. The maximum Gasteiger partial charge on any atom is 0.217 e. The second-order valence-electron chi connectivity index (χ2n) is 6.29. The van der Waals surface area contributed by atoms with Crippen LogP contribution >= 0.6 is 0 Å². The number of sulfonamides is 1. The van der Waals surface area contributed by atoms with Crippen LogP contribution in [-0.2, 0) is 43.0 Å². The van der Waals surface area contributed by atoms with Gasteiger partial charge >= 0.3 is 0 Å². The lowest BCUT2D eigenvalue weighted by Gasteiger charge is -2.23.